The molecule has 2 heterocycles. The second-order valence-corrected chi connectivity index (χ2v) is 8.76. The topological polar surface area (TPSA) is 82.1 Å². The molecule has 0 aliphatic carbocycles. The number of likely N-dealkylation sites (N-methyl/N-ethyl adjacent to an activating group) is 1. The van der Waals surface area contributed by atoms with E-state index in [4.69, 9.17) is 0 Å². The highest BCUT2D eigenvalue weighted by atomic mass is 19.1. The third-order valence-electron chi connectivity index (χ3n) is 5.56. The maximum Gasteiger partial charge on any atom is 0.329 e. The molecule has 1 N–H and O–H groups in total. The van der Waals surface area contributed by atoms with E-state index in [9.17, 15) is 18.8 Å². The number of hydrogen-bond donors (Lipinski definition) is 1. The Morgan fingerprint density at radius 3 is 2.23 bits per heavy atom. The van der Waals surface area contributed by atoms with Gasteiger partial charge in [0.15, 0.2) is 0 Å². The Labute approximate surface area is 179 Å². The van der Waals surface area contributed by atoms with Crippen molar-refractivity contribution in [1.29, 1.82) is 0 Å². The molecule has 1 fully saturated rings. The Kier molecular flexibility index (Phi) is 4.50. The highest BCUT2D eigenvalue weighted by Crippen LogP contribution is 2.35. The number of nitrogens with one attached hydrogen (secondary N) is 1. The van der Waals surface area contributed by atoms with Crippen LogP contribution in [-0.2, 0) is 9.59 Å². The fraction of sp³-hybridized carbons (Fsp3) is 0.304. The van der Waals surface area contributed by atoms with Crippen molar-refractivity contribution < 1.29 is 18.8 Å². The van der Waals surface area contributed by atoms with Crippen molar-refractivity contribution in [2.24, 2.45) is 4.99 Å². The lowest BCUT2D eigenvalue weighted by Crippen LogP contribution is -2.41. The van der Waals surface area contributed by atoms with E-state index in [-0.39, 0.29) is 17.2 Å². The molecule has 7 nitrogen and oxygen atoms in total. The lowest BCUT2D eigenvalue weighted by atomic mass is 9.98. The van der Waals surface area contributed by atoms with Gasteiger partial charge in [-0.05, 0) is 58.0 Å². The fourth-order valence-electron chi connectivity index (χ4n) is 3.89. The number of aliphatic imine (C=N–C) groups is 1. The highest BCUT2D eigenvalue weighted by Gasteiger charge is 2.45. The minimum atomic E-state index is -1.14. The van der Waals surface area contributed by atoms with Crippen LogP contribution in [0.1, 0.15) is 38.8 Å². The third kappa shape index (κ3) is 3.19. The minimum absolute atomic E-state index is 0.231. The number of benzodiazepines with no additional fused rings is 1. The number of imide groups is 1. The second-order valence-electron chi connectivity index (χ2n) is 8.76. The number of halogens is 1. The number of carbonyl (C=O) groups excluding carboxylic acids is 3. The lowest BCUT2D eigenvalue weighted by molar-refractivity contribution is -0.122. The third-order valence-corrected chi connectivity index (χ3v) is 5.56. The van der Waals surface area contributed by atoms with E-state index in [0.717, 1.165) is 4.90 Å². The quantitative estimate of drug-likeness (QED) is 0.755. The molecule has 2 aliphatic heterocycles. The summed E-state index contributed by atoms with van der Waals surface area (Å²) in [4.78, 5) is 45.5. The molecule has 4 amide bonds. The van der Waals surface area contributed by atoms with Crippen LogP contribution >= 0.6 is 0 Å². The van der Waals surface area contributed by atoms with E-state index in [1.165, 1.54) is 11.0 Å². The highest BCUT2D eigenvalue weighted by molar-refractivity contribution is 6.25. The molecule has 2 aliphatic rings. The molecule has 2 aromatic rings. The summed E-state index contributed by atoms with van der Waals surface area (Å²) in [6.07, 6.45) is 0. The normalized spacial score (nSPS) is 19.7. The van der Waals surface area contributed by atoms with Gasteiger partial charge in [-0.1, -0.05) is 12.1 Å². The van der Waals surface area contributed by atoms with Crippen LogP contribution in [0.15, 0.2) is 47.5 Å². The molecule has 0 atom stereocenters. The summed E-state index contributed by atoms with van der Waals surface area (Å²) in [6.45, 7) is 6.58. The van der Waals surface area contributed by atoms with Gasteiger partial charge in [0.1, 0.15) is 16.9 Å². The molecule has 160 valence electrons. The molecular weight excluding hydrogens is 399 g/mol. The van der Waals surface area contributed by atoms with Crippen LogP contribution in [0.2, 0.25) is 0 Å². The van der Waals surface area contributed by atoms with Crippen molar-refractivity contribution in [1.82, 2.24) is 5.32 Å². The van der Waals surface area contributed by atoms with E-state index in [1.54, 1.807) is 71.1 Å². The zero-order valence-corrected chi connectivity index (χ0v) is 18.0. The molecule has 31 heavy (non-hydrogen) atoms. The molecule has 0 spiro atoms. The molecule has 0 unspecified atom stereocenters. The predicted molar refractivity (Wildman–Crippen MR) is 116 cm³/mol. The van der Waals surface area contributed by atoms with Gasteiger partial charge in [0.25, 0.3) is 11.8 Å². The molecule has 8 heteroatoms. The van der Waals surface area contributed by atoms with Gasteiger partial charge in [-0.25, -0.2) is 14.1 Å². The van der Waals surface area contributed by atoms with E-state index >= 15 is 0 Å². The molecule has 4 rings (SSSR count). The first-order chi connectivity index (χ1) is 14.4. The number of urea groups is 1. The monoisotopic (exact) mass is 422 g/mol. The summed E-state index contributed by atoms with van der Waals surface area (Å²) >= 11 is 0. The SMILES string of the molecule is CN1C(=O)C(C)(C)N=C(c2ccccc2F)c2cc(N3C(=O)NC(C)(C)C3=O)ccc21. The number of nitrogens with zero attached hydrogens (tertiary/aromatic N) is 3. The average Bonchev–Trinajstić information content (AvgIpc) is 2.87. The van der Waals surface area contributed by atoms with E-state index in [1.807, 2.05) is 0 Å². The van der Waals surface area contributed by atoms with Gasteiger partial charge in [0.05, 0.1) is 17.1 Å². The van der Waals surface area contributed by atoms with Gasteiger partial charge in [-0.15, -0.1) is 0 Å². The number of anilines is 2. The van der Waals surface area contributed by atoms with Crippen molar-refractivity contribution in [3.8, 4) is 0 Å². The first-order valence-electron chi connectivity index (χ1n) is 9.88. The molecular formula is C23H23FN4O3. The first kappa shape index (κ1) is 20.7. The largest absolute Gasteiger partial charge is 0.329 e. The average molecular weight is 422 g/mol. The van der Waals surface area contributed by atoms with Crippen molar-refractivity contribution in [2.75, 3.05) is 16.8 Å². The van der Waals surface area contributed by atoms with E-state index in [0.29, 0.717) is 16.9 Å². The minimum Gasteiger partial charge on any atom is -0.323 e. The van der Waals surface area contributed by atoms with Crippen molar-refractivity contribution >= 4 is 34.9 Å². The Bertz CT molecular complexity index is 1170. The van der Waals surface area contributed by atoms with Gasteiger partial charge in [0, 0.05) is 18.2 Å². The van der Waals surface area contributed by atoms with Crippen LogP contribution in [0.25, 0.3) is 0 Å². The van der Waals surface area contributed by atoms with Crippen LogP contribution in [0.4, 0.5) is 20.6 Å². The summed E-state index contributed by atoms with van der Waals surface area (Å²) in [5, 5.41) is 2.65. The maximum atomic E-state index is 14.8. The summed E-state index contributed by atoms with van der Waals surface area (Å²) in [5.41, 5.74) is -0.396. The number of fused-ring (bicyclic) bond motifs is 1. The molecule has 0 saturated carbocycles. The Morgan fingerprint density at radius 2 is 1.61 bits per heavy atom. The zero-order valence-electron chi connectivity index (χ0n) is 18.0. The van der Waals surface area contributed by atoms with Gasteiger partial charge in [-0.2, -0.15) is 0 Å². The standard InChI is InChI=1S/C23H23FN4O3/c1-22(2)19(29)27(5)17-11-10-13(28-20(30)23(3,4)26-21(28)31)12-15(17)18(25-22)14-8-6-7-9-16(14)24/h6-12H,1-5H3,(H,26,31). The van der Waals surface area contributed by atoms with Crippen LogP contribution in [-0.4, -0.2) is 41.7 Å². The van der Waals surface area contributed by atoms with Gasteiger partial charge < -0.3 is 10.2 Å². The Hall–Kier alpha value is -3.55. The van der Waals surface area contributed by atoms with Crippen molar-refractivity contribution in [2.45, 2.75) is 38.8 Å². The molecule has 2 aromatic carbocycles. The Balaban J connectivity index is 1.97. The van der Waals surface area contributed by atoms with Gasteiger partial charge >= 0.3 is 6.03 Å². The number of amides is 4. The van der Waals surface area contributed by atoms with Crippen LogP contribution in [0.3, 0.4) is 0 Å². The van der Waals surface area contributed by atoms with Crippen LogP contribution in [0, 0.1) is 5.82 Å². The fourth-order valence-corrected chi connectivity index (χ4v) is 3.89. The van der Waals surface area contributed by atoms with Crippen LogP contribution in [0.5, 0.6) is 0 Å². The summed E-state index contributed by atoms with van der Waals surface area (Å²) in [7, 11) is 1.62. The number of benzene rings is 2. The molecule has 0 aromatic heterocycles. The Morgan fingerprint density at radius 1 is 0.935 bits per heavy atom. The van der Waals surface area contributed by atoms with Crippen molar-refractivity contribution in [3.63, 3.8) is 0 Å². The maximum absolute atomic E-state index is 14.8. The first-order valence-corrected chi connectivity index (χ1v) is 9.88. The van der Waals surface area contributed by atoms with Crippen LogP contribution < -0.4 is 15.1 Å². The van der Waals surface area contributed by atoms with Gasteiger partial charge in [0.2, 0.25) is 0 Å². The van der Waals surface area contributed by atoms with Gasteiger partial charge in [-0.3, -0.25) is 14.6 Å². The predicted octanol–water partition coefficient (Wildman–Crippen LogP) is 3.25. The molecule has 1 saturated heterocycles. The molecule has 0 radical (unpaired) electrons. The van der Waals surface area contributed by atoms with E-state index in [2.05, 4.69) is 10.3 Å². The summed E-state index contributed by atoms with van der Waals surface area (Å²) in [5.74, 6) is -1.15. The summed E-state index contributed by atoms with van der Waals surface area (Å²) in [6, 6.07) is 10.5. The smallest absolute Gasteiger partial charge is 0.323 e. The lowest BCUT2D eigenvalue weighted by Gasteiger charge is -2.24. The van der Waals surface area contributed by atoms with E-state index < -0.39 is 28.8 Å². The second kappa shape index (κ2) is 6.73. The number of hydrogen-bond acceptors (Lipinski definition) is 4. The number of carbonyl (C=O) groups is 3. The zero-order chi connectivity index (χ0) is 22.7. The molecule has 0 bridgehead atoms. The van der Waals surface area contributed by atoms with Crippen molar-refractivity contribution in [3.05, 3.63) is 59.4 Å². The number of rotatable bonds is 2. The summed E-state index contributed by atoms with van der Waals surface area (Å²) < 4.78 is 14.8.